The van der Waals surface area contributed by atoms with E-state index in [1.165, 1.54) is 24.1 Å². The van der Waals surface area contributed by atoms with Gasteiger partial charge in [-0.3, -0.25) is 9.69 Å². The molecule has 0 spiro atoms. The van der Waals surface area contributed by atoms with Crippen LogP contribution in [-0.4, -0.2) is 45.0 Å². The van der Waals surface area contributed by atoms with Crippen LogP contribution >= 0.6 is 0 Å². The molecule has 22 heavy (non-hydrogen) atoms. The maximum Gasteiger partial charge on any atom is 0.347 e. The number of carbonyl (C=O) groups excluding carboxylic acids is 2. The normalized spacial score (nSPS) is 17.6. The first kappa shape index (κ1) is 16.1. The monoisotopic (exact) mass is 307 g/mol. The molecule has 1 saturated heterocycles. The summed E-state index contributed by atoms with van der Waals surface area (Å²) >= 11 is 0. The molecule has 1 fully saturated rings. The van der Waals surface area contributed by atoms with Crippen molar-refractivity contribution in [1.82, 2.24) is 5.32 Å². The van der Waals surface area contributed by atoms with Crippen molar-refractivity contribution in [2.24, 2.45) is 4.99 Å². The quantitative estimate of drug-likeness (QED) is 0.868. The van der Waals surface area contributed by atoms with Gasteiger partial charge in [0.1, 0.15) is 5.82 Å². The summed E-state index contributed by atoms with van der Waals surface area (Å²) in [6.45, 7) is 4.25. The highest BCUT2D eigenvalue weighted by Gasteiger charge is 2.28. The van der Waals surface area contributed by atoms with Gasteiger partial charge in [-0.25, -0.2) is 14.2 Å². The molecule has 0 bridgehead atoms. The first-order chi connectivity index (χ1) is 10.6. The molecular weight excluding hydrogens is 289 g/mol. The molecule has 1 aliphatic heterocycles. The van der Waals surface area contributed by atoms with Gasteiger partial charge in [-0.15, -0.1) is 0 Å². The molecule has 1 aliphatic rings. The molecule has 1 N–H and O–H groups in total. The average Bonchev–Trinajstić information content (AvgIpc) is 2.55. The number of nitrogens with zero attached hydrogens (tertiary/aromatic N) is 2. The number of halogens is 1. The zero-order chi connectivity index (χ0) is 16.1. The van der Waals surface area contributed by atoms with Crippen molar-refractivity contribution in [2.45, 2.75) is 18.9 Å². The Labute approximate surface area is 128 Å². The molecule has 0 aromatic heterocycles. The molecule has 1 heterocycles. The van der Waals surface area contributed by atoms with Gasteiger partial charge in [-0.2, -0.15) is 0 Å². The Bertz CT molecular complexity index is 585. The van der Waals surface area contributed by atoms with E-state index in [1.807, 2.05) is 0 Å². The van der Waals surface area contributed by atoms with Crippen LogP contribution in [0, 0.1) is 5.82 Å². The van der Waals surface area contributed by atoms with E-state index in [4.69, 9.17) is 4.74 Å². The second-order valence-electron chi connectivity index (χ2n) is 4.92. The van der Waals surface area contributed by atoms with Gasteiger partial charge in [0.2, 0.25) is 0 Å². The molecular formula is C15H18FN3O3. The molecule has 0 unspecified atom stereocenters. The molecule has 2 rings (SSSR count). The predicted molar refractivity (Wildman–Crippen MR) is 81.1 cm³/mol. The topological polar surface area (TPSA) is 71.0 Å². The van der Waals surface area contributed by atoms with Gasteiger partial charge in [0, 0.05) is 19.3 Å². The SMILES string of the molecule is C=NC(=O)N(c1ccc(C(=O)NC)c(F)c1)[C@@H]1CCCOC1. The summed E-state index contributed by atoms with van der Waals surface area (Å²) in [7, 11) is 1.42. The molecule has 0 aliphatic carbocycles. The van der Waals surface area contributed by atoms with Crippen LogP contribution in [0.5, 0.6) is 0 Å². The minimum Gasteiger partial charge on any atom is -0.379 e. The third-order valence-electron chi connectivity index (χ3n) is 3.55. The fourth-order valence-corrected chi connectivity index (χ4v) is 2.45. The molecule has 1 atom stereocenters. The van der Waals surface area contributed by atoms with Gasteiger partial charge in [-0.05, 0) is 37.8 Å². The zero-order valence-electron chi connectivity index (χ0n) is 12.3. The number of amides is 3. The van der Waals surface area contributed by atoms with E-state index in [0.29, 0.717) is 18.9 Å². The molecule has 6 nitrogen and oxygen atoms in total. The molecule has 1 aromatic carbocycles. The van der Waals surface area contributed by atoms with E-state index in [0.717, 1.165) is 18.9 Å². The molecule has 3 amide bonds. The smallest absolute Gasteiger partial charge is 0.347 e. The summed E-state index contributed by atoms with van der Waals surface area (Å²) < 4.78 is 19.5. The minimum absolute atomic E-state index is 0.0786. The van der Waals surface area contributed by atoms with Crippen molar-refractivity contribution >= 4 is 24.3 Å². The van der Waals surface area contributed by atoms with Crippen LogP contribution in [0.25, 0.3) is 0 Å². The number of hydrogen-bond acceptors (Lipinski definition) is 3. The van der Waals surface area contributed by atoms with Crippen molar-refractivity contribution in [1.29, 1.82) is 0 Å². The first-order valence-electron chi connectivity index (χ1n) is 6.97. The largest absolute Gasteiger partial charge is 0.379 e. The highest BCUT2D eigenvalue weighted by Crippen LogP contribution is 2.25. The van der Waals surface area contributed by atoms with Gasteiger partial charge >= 0.3 is 6.03 Å². The lowest BCUT2D eigenvalue weighted by Gasteiger charge is -2.32. The highest BCUT2D eigenvalue weighted by molar-refractivity contribution is 5.97. The van der Waals surface area contributed by atoms with Gasteiger partial charge in [0.05, 0.1) is 18.2 Å². The van der Waals surface area contributed by atoms with Crippen LogP contribution in [0.15, 0.2) is 23.2 Å². The Morgan fingerprint density at radius 2 is 2.27 bits per heavy atom. The van der Waals surface area contributed by atoms with Crippen molar-refractivity contribution in [2.75, 3.05) is 25.2 Å². The lowest BCUT2D eigenvalue weighted by Crippen LogP contribution is -2.44. The van der Waals surface area contributed by atoms with Gasteiger partial charge in [-0.1, -0.05) is 0 Å². The zero-order valence-corrected chi connectivity index (χ0v) is 12.3. The van der Waals surface area contributed by atoms with Crippen LogP contribution in [0.2, 0.25) is 0 Å². The van der Waals surface area contributed by atoms with E-state index >= 15 is 0 Å². The van der Waals surface area contributed by atoms with Crippen LogP contribution in [0.4, 0.5) is 14.9 Å². The summed E-state index contributed by atoms with van der Waals surface area (Å²) in [5.41, 5.74) is 0.253. The summed E-state index contributed by atoms with van der Waals surface area (Å²) in [4.78, 5) is 28.4. The van der Waals surface area contributed by atoms with Gasteiger partial charge in [0.15, 0.2) is 0 Å². The predicted octanol–water partition coefficient (Wildman–Crippen LogP) is 1.99. The summed E-state index contributed by atoms with van der Waals surface area (Å²) in [5.74, 6) is -1.22. The van der Waals surface area contributed by atoms with Crippen molar-refractivity contribution in [3.8, 4) is 0 Å². The Balaban J connectivity index is 2.35. The molecule has 1 aromatic rings. The fourth-order valence-electron chi connectivity index (χ4n) is 2.45. The van der Waals surface area contributed by atoms with E-state index in [1.54, 1.807) is 0 Å². The van der Waals surface area contributed by atoms with Gasteiger partial charge < -0.3 is 10.1 Å². The lowest BCUT2D eigenvalue weighted by atomic mass is 10.1. The molecule has 0 radical (unpaired) electrons. The number of carbonyl (C=O) groups is 2. The Hall–Kier alpha value is -2.28. The molecule has 0 saturated carbocycles. The maximum absolute atomic E-state index is 14.1. The van der Waals surface area contributed by atoms with E-state index in [2.05, 4.69) is 17.0 Å². The van der Waals surface area contributed by atoms with Crippen LogP contribution in [0.3, 0.4) is 0 Å². The second kappa shape index (κ2) is 7.13. The number of benzene rings is 1. The Morgan fingerprint density at radius 3 is 2.82 bits per heavy atom. The number of rotatable bonds is 3. The summed E-state index contributed by atoms with van der Waals surface area (Å²) in [5, 5.41) is 2.36. The fraction of sp³-hybridized carbons (Fsp3) is 0.400. The number of urea groups is 1. The Kier molecular flexibility index (Phi) is 5.21. The van der Waals surface area contributed by atoms with Crippen molar-refractivity contribution in [3.63, 3.8) is 0 Å². The summed E-state index contributed by atoms with van der Waals surface area (Å²) in [6, 6.07) is 3.23. The molecule has 118 valence electrons. The van der Waals surface area contributed by atoms with Crippen LogP contribution in [0.1, 0.15) is 23.2 Å². The van der Waals surface area contributed by atoms with Crippen LogP contribution < -0.4 is 10.2 Å². The number of ether oxygens (including phenoxy) is 1. The number of nitrogens with one attached hydrogen (secondary N) is 1. The van der Waals surface area contributed by atoms with Gasteiger partial charge in [0.25, 0.3) is 5.91 Å². The van der Waals surface area contributed by atoms with Crippen molar-refractivity contribution in [3.05, 3.63) is 29.6 Å². The van der Waals surface area contributed by atoms with Crippen molar-refractivity contribution < 1.29 is 18.7 Å². The van der Waals surface area contributed by atoms with E-state index in [9.17, 15) is 14.0 Å². The number of hydrogen-bond donors (Lipinski definition) is 1. The highest BCUT2D eigenvalue weighted by atomic mass is 19.1. The standard InChI is InChI=1S/C15H18FN3O3/c1-17-14(20)12-6-5-10(8-13(12)16)19(15(21)18-2)11-4-3-7-22-9-11/h5-6,8,11H,2-4,7,9H2,1H3,(H,17,20)/t11-/m1/s1. The van der Waals surface area contributed by atoms with E-state index < -0.39 is 17.8 Å². The average molecular weight is 307 g/mol. The van der Waals surface area contributed by atoms with E-state index in [-0.39, 0.29) is 11.6 Å². The third-order valence-corrected chi connectivity index (χ3v) is 3.55. The lowest BCUT2D eigenvalue weighted by molar-refractivity contribution is 0.0810. The Morgan fingerprint density at radius 1 is 1.50 bits per heavy atom. The third kappa shape index (κ3) is 3.30. The number of aliphatic imine (C=N–C) groups is 1. The minimum atomic E-state index is -0.699. The second-order valence-corrected chi connectivity index (χ2v) is 4.92. The number of anilines is 1. The van der Waals surface area contributed by atoms with Crippen LogP contribution in [-0.2, 0) is 4.74 Å². The first-order valence-corrected chi connectivity index (χ1v) is 6.97. The summed E-state index contributed by atoms with van der Waals surface area (Å²) in [6.07, 6.45) is 1.55. The molecule has 7 heteroatoms. The maximum atomic E-state index is 14.1.